The fraction of sp³-hybridized carbons (Fsp3) is 0.381. The van der Waals surface area contributed by atoms with Crippen molar-refractivity contribution in [3.63, 3.8) is 0 Å². The number of amides is 2. The highest BCUT2D eigenvalue weighted by Gasteiger charge is 2.21. The van der Waals surface area contributed by atoms with E-state index in [1.54, 1.807) is 4.90 Å². The highest BCUT2D eigenvalue weighted by atomic mass is 16.5. The zero-order valence-electron chi connectivity index (χ0n) is 15.5. The van der Waals surface area contributed by atoms with Gasteiger partial charge in [0.2, 0.25) is 0 Å². The van der Waals surface area contributed by atoms with Crippen molar-refractivity contribution in [3.05, 3.63) is 54.6 Å². The first-order chi connectivity index (χ1) is 12.6. The van der Waals surface area contributed by atoms with Crippen LogP contribution >= 0.6 is 0 Å². The first-order valence-electron chi connectivity index (χ1n) is 9.14. The van der Waals surface area contributed by atoms with Crippen LogP contribution in [-0.2, 0) is 0 Å². The lowest BCUT2D eigenvalue weighted by atomic mass is 9.98. The summed E-state index contributed by atoms with van der Waals surface area (Å²) in [5.74, 6) is 1.91. The Morgan fingerprint density at radius 2 is 1.92 bits per heavy atom. The van der Waals surface area contributed by atoms with E-state index in [0.717, 1.165) is 25.4 Å². The number of ether oxygens (including phenoxy) is 1. The van der Waals surface area contributed by atoms with Crippen LogP contribution in [0.5, 0.6) is 11.5 Å². The van der Waals surface area contributed by atoms with Gasteiger partial charge in [-0.15, -0.1) is 0 Å². The molecule has 1 fully saturated rings. The molecule has 1 unspecified atom stereocenters. The molecule has 1 aliphatic heterocycles. The molecule has 0 spiro atoms. The molecule has 1 aliphatic rings. The van der Waals surface area contributed by atoms with Gasteiger partial charge in [-0.3, -0.25) is 0 Å². The number of benzene rings is 2. The molecule has 1 saturated heterocycles. The summed E-state index contributed by atoms with van der Waals surface area (Å²) in [7, 11) is 3.99. The Morgan fingerprint density at radius 3 is 2.69 bits per heavy atom. The molecule has 3 rings (SSSR count). The molecule has 1 N–H and O–H groups in total. The number of para-hydroxylation sites is 3. The van der Waals surface area contributed by atoms with Crippen molar-refractivity contribution < 1.29 is 9.53 Å². The van der Waals surface area contributed by atoms with Crippen molar-refractivity contribution in [1.29, 1.82) is 0 Å². The normalized spacial score (nSPS) is 17.5. The summed E-state index contributed by atoms with van der Waals surface area (Å²) in [6, 6.07) is 17.0. The SMILES string of the molecule is CN1CCCC(CN(C)C(=O)Nc2ccccc2Oc2ccccc2)C1. The minimum absolute atomic E-state index is 0.109. The average Bonchev–Trinajstić information content (AvgIpc) is 2.64. The first kappa shape index (κ1) is 18.3. The minimum Gasteiger partial charge on any atom is -0.455 e. The summed E-state index contributed by atoms with van der Waals surface area (Å²) < 4.78 is 5.91. The van der Waals surface area contributed by atoms with Crippen LogP contribution in [0.25, 0.3) is 0 Å². The number of nitrogens with zero attached hydrogens (tertiary/aromatic N) is 2. The quantitative estimate of drug-likeness (QED) is 0.872. The maximum atomic E-state index is 12.6. The molecule has 26 heavy (non-hydrogen) atoms. The van der Waals surface area contributed by atoms with E-state index in [9.17, 15) is 4.79 Å². The van der Waals surface area contributed by atoms with Crippen molar-refractivity contribution in [2.45, 2.75) is 12.8 Å². The van der Waals surface area contributed by atoms with Gasteiger partial charge in [-0.2, -0.15) is 0 Å². The van der Waals surface area contributed by atoms with E-state index in [0.29, 0.717) is 17.4 Å². The number of anilines is 1. The van der Waals surface area contributed by atoms with E-state index in [4.69, 9.17) is 4.74 Å². The lowest BCUT2D eigenvalue weighted by Crippen LogP contribution is -2.41. The molecule has 5 heteroatoms. The third kappa shape index (κ3) is 4.99. The Balaban J connectivity index is 1.61. The number of hydrogen-bond acceptors (Lipinski definition) is 3. The topological polar surface area (TPSA) is 44.8 Å². The van der Waals surface area contributed by atoms with Gasteiger partial charge < -0.3 is 19.9 Å². The Kier molecular flexibility index (Phi) is 6.12. The summed E-state index contributed by atoms with van der Waals surface area (Å²) in [5.41, 5.74) is 0.675. The van der Waals surface area contributed by atoms with Crippen LogP contribution in [0.2, 0.25) is 0 Å². The summed E-state index contributed by atoms with van der Waals surface area (Å²) in [5, 5.41) is 2.98. The number of hydrogen-bond donors (Lipinski definition) is 1. The number of carbonyl (C=O) groups excluding carboxylic acids is 1. The van der Waals surface area contributed by atoms with Gasteiger partial charge in [0.25, 0.3) is 0 Å². The van der Waals surface area contributed by atoms with E-state index in [-0.39, 0.29) is 6.03 Å². The molecule has 2 amide bonds. The molecule has 1 atom stereocenters. The Labute approximate surface area is 155 Å². The number of rotatable bonds is 5. The van der Waals surface area contributed by atoms with Crippen molar-refractivity contribution in [3.8, 4) is 11.5 Å². The van der Waals surface area contributed by atoms with Gasteiger partial charge in [0.1, 0.15) is 5.75 Å². The van der Waals surface area contributed by atoms with Crippen LogP contribution in [0.3, 0.4) is 0 Å². The summed E-state index contributed by atoms with van der Waals surface area (Å²) in [6.45, 7) is 2.96. The maximum Gasteiger partial charge on any atom is 0.321 e. The second kappa shape index (κ2) is 8.72. The van der Waals surface area contributed by atoms with Crippen LogP contribution < -0.4 is 10.1 Å². The minimum atomic E-state index is -0.109. The summed E-state index contributed by atoms with van der Waals surface area (Å²) in [4.78, 5) is 16.7. The van der Waals surface area contributed by atoms with Crippen LogP contribution in [0.15, 0.2) is 54.6 Å². The van der Waals surface area contributed by atoms with Gasteiger partial charge in [0, 0.05) is 20.1 Å². The molecule has 0 aromatic heterocycles. The number of nitrogens with one attached hydrogen (secondary N) is 1. The molecule has 2 aromatic carbocycles. The monoisotopic (exact) mass is 353 g/mol. The second-order valence-electron chi connectivity index (χ2n) is 6.99. The van der Waals surface area contributed by atoms with E-state index in [2.05, 4.69) is 17.3 Å². The van der Waals surface area contributed by atoms with Gasteiger partial charge in [0.05, 0.1) is 5.69 Å². The van der Waals surface area contributed by atoms with E-state index < -0.39 is 0 Å². The van der Waals surface area contributed by atoms with Crippen LogP contribution in [0, 0.1) is 5.92 Å². The smallest absolute Gasteiger partial charge is 0.321 e. The molecule has 5 nitrogen and oxygen atoms in total. The van der Waals surface area contributed by atoms with Crippen molar-refractivity contribution >= 4 is 11.7 Å². The average molecular weight is 353 g/mol. The Hall–Kier alpha value is -2.53. The number of likely N-dealkylation sites (tertiary alicyclic amines) is 1. The van der Waals surface area contributed by atoms with Gasteiger partial charge in [-0.25, -0.2) is 4.79 Å². The van der Waals surface area contributed by atoms with Crippen LogP contribution in [0.1, 0.15) is 12.8 Å². The largest absolute Gasteiger partial charge is 0.455 e. The third-order valence-corrected chi connectivity index (χ3v) is 4.70. The zero-order chi connectivity index (χ0) is 18.4. The van der Waals surface area contributed by atoms with Crippen molar-refractivity contribution in [2.24, 2.45) is 5.92 Å². The number of urea groups is 1. The molecule has 0 bridgehead atoms. The van der Waals surface area contributed by atoms with Gasteiger partial charge in [-0.05, 0) is 56.6 Å². The Morgan fingerprint density at radius 1 is 1.19 bits per heavy atom. The Bertz CT molecular complexity index is 720. The fourth-order valence-corrected chi connectivity index (χ4v) is 3.38. The lowest BCUT2D eigenvalue weighted by molar-refractivity contribution is 0.170. The van der Waals surface area contributed by atoms with Crippen LogP contribution in [0.4, 0.5) is 10.5 Å². The van der Waals surface area contributed by atoms with Gasteiger partial charge >= 0.3 is 6.03 Å². The predicted octanol–water partition coefficient (Wildman–Crippen LogP) is 4.28. The van der Waals surface area contributed by atoms with E-state index in [1.807, 2.05) is 61.6 Å². The molecule has 0 saturated carbocycles. The van der Waals surface area contributed by atoms with Gasteiger partial charge in [-0.1, -0.05) is 30.3 Å². The number of carbonyl (C=O) groups is 1. The van der Waals surface area contributed by atoms with Crippen molar-refractivity contribution in [2.75, 3.05) is 39.0 Å². The first-order valence-corrected chi connectivity index (χ1v) is 9.14. The van der Waals surface area contributed by atoms with Crippen molar-refractivity contribution in [1.82, 2.24) is 9.80 Å². The fourth-order valence-electron chi connectivity index (χ4n) is 3.38. The third-order valence-electron chi connectivity index (χ3n) is 4.70. The highest BCUT2D eigenvalue weighted by Crippen LogP contribution is 2.29. The predicted molar refractivity (Wildman–Crippen MR) is 105 cm³/mol. The lowest BCUT2D eigenvalue weighted by Gasteiger charge is -2.32. The van der Waals surface area contributed by atoms with E-state index >= 15 is 0 Å². The molecule has 2 aromatic rings. The molecular weight excluding hydrogens is 326 g/mol. The van der Waals surface area contributed by atoms with Crippen LogP contribution in [-0.4, -0.2) is 49.6 Å². The summed E-state index contributed by atoms with van der Waals surface area (Å²) >= 11 is 0. The number of piperidine rings is 1. The molecule has 1 heterocycles. The highest BCUT2D eigenvalue weighted by molar-refractivity contribution is 5.90. The molecule has 138 valence electrons. The zero-order valence-corrected chi connectivity index (χ0v) is 15.5. The molecular formula is C21H27N3O2. The standard InChI is InChI=1S/C21H27N3O2/c1-23-14-8-9-17(15-23)16-24(2)21(25)22-19-12-6-7-13-20(19)26-18-10-4-3-5-11-18/h3-7,10-13,17H,8-9,14-16H2,1-2H3,(H,22,25). The second-order valence-corrected chi connectivity index (χ2v) is 6.99. The van der Waals surface area contributed by atoms with Gasteiger partial charge in [0.15, 0.2) is 5.75 Å². The maximum absolute atomic E-state index is 12.6. The molecule has 0 radical (unpaired) electrons. The summed E-state index contributed by atoms with van der Waals surface area (Å²) in [6.07, 6.45) is 2.38. The molecule has 0 aliphatic carbocycles. The van der Waals surface area contributed by atoms with E-state index in [1.165, 1.54) is 12.8 Å².